The first-order chi connectivity index (χ1) is 8.61. The van der Waals surface area contributed by atoms with Gasteiger partial charge in [0, 0.05) is 25.2 Å². The van der Waals surface area contributed by atoms with Crippen molar-refractivity contribution in [2.24, 2.45) is 5.92 Å². The molecule has 1 aromatic heterocycles. The number of nitrogens with one attached hydrogen (secondary N) is 2. The minimum absolute atomic E-state index is 0.118. The van der Waals surface area contributed by atoms with Crippen molar-refractivity contribution in [2.75, 3.05) is 20.1 Å². The third kappa shape index (κ3) is 2.59. The number of aromatic nitrogens is 2. The highest BCUT2D eigenvalue weighted by Gasteiger charge is 2.28. The van der Waals surface area contributed by atoms with Crippen molar-refractivity contribution in [3.05, 3.63) is 28.2 Å². The Morgan fingerprint density at radius 3 is 2.89 bits per heavy atom. The zero-order valence-electron chi connectivity index (χ0n) is 10.6. The van der Waals surface area contributed by atoms with Crippen LogP contribution < -0.4 is 10.9 Å². The third-order valence-electron chi connectivity index (χ3n) is 3.46. The Morgan fingerprint density at radius 1 is 1.56 bits per heavy atom. The molecular weight excluding hydrogens is 232 g/mol. The average Bonchev–Trinajstić information content (AvgIpc) is 2.38. The maximum atomic E-state index is 12.2. The highest BCUT2D eigenvalue weighted by molar-refractivity contribution is 5.92. The predicted molar refractivity (Wildman–Crippen MR) is 67.4 cm³/mol. The van der Waals surface area contributed by atoms with Crippen molar-refractivity contribution in [3.8, 4) is 0 Å². The van der Waals surface area contributed by atoms with Crippen molar-refractivity contribution in [2.45, 2.75) is 19.4 Å². The molecule has 0 spiro atoms. The lowest BCUT2D eigenvalue weighted by molar-refractivity contribution is 0.0642. The standard InChI is InChI=1S/C12H18N4O2/c1-8-7-16(6-5-9(8)13-2)12(18)10-3-4-11(17)15-14-10/h3-4,8-9,13H,5-7H2,1-2H3,(H,15,17). The molecular formula is C12H18N4O2. The molecule has 2 N–H and O–H groups in total. The molecule has 1 amide bonds. The molecule has 0 radical (unpaired) electrons. The van der Waals surface area contributed by atoms with Crippen molar-refractivity contribution < 1.29 is 4.79 Å². The number of nitrogens with zero attached hydrogens (tertiary/aromatic N) is 2. The number of hydrogen-bond acceptors (Lipinski definition) is 4. The fourth-order valence-electron chi connectivity index (χ4n) is 2.38. The molecule has 1 aliphatic heterocycles. The summed E-state index contributed by atoms with van der Waals surface area (Å²) in [4.78, 5) is 24.9. The minimum Gasteiger partial charge on any atom is -0.337 e. The van der Waals surface area contributed by atoms with Gasteiger partial charge in [-0.25, -0.2) is 5.10 Å². The number of hydrogen-bond donors (Lipinski definition) is 2. The summed E-state index contributed by atoms with van der Waals surface area (Å²) in [6, 6.07) is 3.25. The number of aromatic amines is 1. The first-order valence-corrected chi connectivity index (χ1v) is 6.14. The number of rotatable bonds is 2. The lowest BCUT2D eigenvalue weighted by atomic mass is 9.94. The second-order valence-corrected chi connectivity index (χ2v) is 4.72. The topological polar surface area (TPSA) is 78.1 Å². The number of carbonyl (C=O) groups is 1. The molecule has 18 heavy (non-hydrogen) atoms. The van der Waals surface area contributed by atoms with Gasteiger partial charge in [-0.2, -0.15) is 5.10 Å². The summed E-state index contributed by atoms with van der Waals surface area (Å²) in [5.41, 5.74) is -0.00137. The van der Waals surface area contributed by atoms with Crippen LogP contribution in [0.5, 0.6) is 0 Å². The van der Waals surface area contributed by atoms with Crippen LogP contribution in [0.1, 0.15) is 23.8 Å². The van der Waals surface area contributed by atoms with Gasteiger partial charge in [-0.1, -0.05) is 6.92 Å². The molecule has 0 aliphatic carbocycles. The SMILES string of the molecule is CNC1CCN(C(=O)c2ccc(=O)[nH]n2)CC1C. The van der Waals surface area contributed by atoms with Gasteiger partial charge < -0.3 is 10.2 Å². The number of carbonyl (C=O) groups excluding carboxylic acids is 1. The highest BCUT2D eigenvalue weighted by atomic mass is 16.2. The van der Waals surface area contributed by atoms with E-state index in [1.807, 2.05) is 7.05 Å². The van der Waals surface area contributed by atoms with E-state index in [4.69, 9.17) is 0 Å². The van der Waals surface area contributed by atoms with Gasteiger partial charge in [0.25, 0.3) is 11.5 Å². The van der Waals surface area contributed by atoms with Gasteiger partial charge in [-0.15, -0.1) is 0 Å². The van der Waals surface area contributed by atoms with Crippen LogP contribution in [-0.4, -0.2) is 47.2 Å². The fourth-order valence-corrected chi connectivity index (χ4v) is 2.38. The monoisotopic (exact) mass is 250 g/mol. The maximum Gasteiger partial charge on any atom is 0.274 e. The van der Waals surface area contributed by atoms with E-state index in [0.717, 1.165) is 13.0 Å². The van der Waals surface area contributed by atoms with Crippen LogP contribution in [0.4, 0.5) is 0 Å². The van der Waals surface area contributed by atoms with E-state index in [-0.39, 0.29) is 11.5 Å². The predicted octanol–water partition coefficient (Wildman–Crippen LogP) is -0.160. The molecule has 1 saturated heterocycles. The Balaban J connectivity index is 2.06. The van der Waals surface area contributed by atoms with Gasteiger partial charge in [-0.05, 0) is 25.5 Å². The summed E-state index contributed by atoms with van der Waals surface area (Å²) < 4.78 is 0. The molecule has 6 nitrogen and oxygen atoms in total. The van der Waals surface area contributed by atoms with E-state index in [1.54, 1.807) is 4.90 Å². The smallest absolute Gasteiger partial charge is 0.274 e. The third-order valence-corrected chi connectivity index (χ3v) is 3.46. The summed E-state index contributed by atoms with van der Waals surface area (Å²) in [5.74, 6) is 0.295. The van der Waals surface area contributed by atoms with Crippen LogP contribution in [-0.2, 0) is 0 Å². The molecule has 2 atom stereocenters. The summed E-state index contributed by atoms with van der Waals surface area (Å²) in [6.07, 6.45) is 0.937. The normalized spacial score (nSPS) is 24.0. The molecule has 6 heteroatoms. The molecule has 98 valence electrons. The lowest BCUT2D eigenvalue weighted by Crippen LogP contribution is -2.49. The number of H-pyrrole nitrogens is 1. The molecule has 1 fully saturated rings. The zero-order chi connectivity index (χ0) is 13.1. The van der Waals surface area contributed by atoms with Gasteiger partial charge in [0.05, 0.1) is 0 Å². The number of piperidine rings is 1. The molecule has 2 heterocycles. The van der Waals surface area contributed by atoms with Crippen molar-refractivity contribution in [1.82, 2.24) is 20.4 Å². The Bertz CT molecular complexity index is 465. The second-order valence-electron chi connectivity index (χ2n) is 4.72. The molecule has 0 saturated carbocycles. The largest absolute Gasteiger partial charge is 0.337 e. The van der Waals surface area contributed by atoms with Crippen molar-refractivity contribution in [1.29, 1.82) is 0 Å². The molecule has 2 rings (SSSR count). The van der Waals surface area contributed by atoms with Gasteiger partial charge in [0.15, 0.2) is 0 Å². The maximum absolute atomic E-state index is 12.2. The van der Waals surface area contributed by atoms with Gasteiger partial charge in [-0.3, -0.25) is 9.59 Å². The van der Waals surface area contributed by atoms with E-state index in [2.05, 4.69) is 22.4 Å². The van der Waals surface area contributed by atoms with Crippen LogP contribution in [0.15, 0.2) is 16.9 Å². The first kappa shape index (κ1) is 12.8. The average molecular weight is 250 g/mol. The van der Waals surface area contributed by atoms with Crippen molar-refractivity contribution >= 4 is 5.91 Å². The highest BCUT2D eigenvalue weighted by Crippen LogP contribution is 2.17. The summed E-state index contributed by atoms with van der Waals surface area (Å²) in [5, 5.41) is 9.32. The van der Waals surface area contributed by atoms with E-state index >= 15 is 0 Å². The molecule has 1 aromatic rings. The van der Waals surface area contributed by atoms with Crippen LogP contribution in [0.25, 0.3) is 0 Å². The molecule has 2 unspecified atom stereocenters. The summed E-state index contributed by atoms with van der Waals surface area (Å²) >= 11 is 0. The van der Waals surface area contributed by atoms with Gasteiger partial charge in [0.1, 0.15) is 5.69 Å². The zero-order valence-corrected chi connectivity index (χ0v) is 10.6. The second kappa shape index (κ2) is 5.30. The first-order valence-electron chi connectivity index (χ1n) is 6.14. The van der Waals surface area contributed by atoms with E-state index < -0.39 is 0 Å². The van der Waals surface area contributed by atoms with Gasteiger partial charge in [0.2, 0.25) is 0 Å². The number of amides is 1. The Morgan fingerprint density at radius 2 is 2.33 bits per heavy atom. The molecule has 1 aliphatic rings. The van der Waals surface area contributed by atoms with E-state index in [1.165, 1.54) is 12.1 Å². The van der Waals surface area contributed by atoms with Crippen LogP contribution in [0, 0.1) is 5.92 Å². The lowest BCUT2D eigenvalue weighted by Gasteiger charge is -2.36. The fraction of sp³-hybridized carbons (Fsp3) is 0.583. The number of likely N-dealkylation sites (tertiary alicyclic amines) is 1. The minimum atomic E-state index is -0.297. The Kier molecular flexibility index (Phi) is 3.76. The quantitative estimate of drug-likeness (QED) is 0.764. The van der Waals surface area contributed by atoms with Crippen LogP contribution in [0.3, 0.4) is 0 Å². The summed E-state index contributed by atoms with van der Waals surface area (Å²) in [7, 11) is 1.95. The van der Waals surface area contributed by atoms with Gasteiger partial charge >= 0.3 is 0 Å². The van der Waals surface area contributed by atoms with E-state index in [9.17, 15) is 9.59 Å². The molecule has 0 bridgehead atoms. The Hall–Kier alpha value is -1.69. The summed E-state index contributed by atoms with van der Waals surface area (Å²) in [6.45, 7) is 3.56. The van der Waals surface area contributed by atoms with Crippen LogP contribution in [0.2, 0.25) is 0 Å². The molecule has 0 aromatic carbocycles. The van der Waals surface area contributed by atoms with Crippen LogP contribution >= 0.6 is 0 Å². The van der Waals surface area contributed by atoms with E-state index in [0.29, 0.717) is 24.2 Å². The Labute approximate surface area is 105 Å². The van der Waals surface area contributed by atoms with Crippen molar-refractivity contribution in [3.63, 3.8) is 0 Å².